The van der Waals surface area contributed by atoms with E-state index in [0.717, 1.165) is 12.8 Å². The number of rotatable bonds is 5. The van der Waals surface area contributed by atoms with Crippen molar-refractivity contribution in [2.45, 2.75) is 25.3 Å². The maximum absolute atomic E-state index is 11.8. The van der Waals surface area contributed by atoms with Crippen molar-refractivity contribution in [2.75, 3.05) is 6.61 Å². The number of nitriles is 1. The molecule has 0 heterocycles. The van der Waals surface area contributed by atoms with Crippen LogP contribution in [0.1, 0.15) is 30.1 Å². The van der Waals surface area contributed by atoms with E-state index in [2.05, 4.69) is 11.4 Å². The molecule has 2 rings (SSSR count). The molecule has 0 aromatic heterocycles. The molecular weight excluding hydrogens is 272 g/mol. The molecule has 1 aliphatic rings. The molecule has 2 N–H and O–H groups in total. The van der Waals surface area contributed by atoms with E-state index in [9.17, 15) is 14.7 Å². The summed E-state index contributed by atoms with van der Waals surface area (Å²) in [6, 6.07) is 7.76. The molecule has 21 heavy (non-hydrogen) atoms. The van der Waals surface area contributed by atoms with E-state index in [1.54, 1.807) is 6.92 Å². The molecule has 1 fully saturated rings. The van der Waals surface area contributed by atoms with E-state index < -0.39 is 24.0 Å². The third-order valence-corrected chi connectivity index (χ3v) is 3.44. The predicted molar refractivity (Wildman–Crippen MR) is 73.3 cm³/mol. The molecule has 1 amide bonds. The number of carbonyl (C=O) groups excluding carboxylic acids is 2. The quantitative estimate of drug-likeness (QED) is 0.797. The zero-order chi connectivity index (χ0) is 15.5. The summed E-state index contributed by atoms with van der Waals surface area (Å²) in [5, 5.41) is 21.0. The highest BCUT2D eigenvalue weighted by molar-refractivity contribution is 5.91. The lowest BCUT2D eigenvalue weighted by Crippen LogP contribution is -2.48. The molecule has 0 radical (unpaired) electrons. The van der Waals surface area contributed by atoms with Crippen LogP contribution in [0, 0.1) is 17.2 Å². The minimum atomic E-state index is -0.908. The van der Waals surface area contributed by atoms with Crippen LogP contribution < -0.4 is 5.32 Å². The summed E-state index contributed by atoms with van der Waals surface area (Å²) in [5.74, 6) is -1.11. The van der Waals surface area contributed by atoms with Gasteiger partial charge in [-0.1, -0.05) is 6.07 Å². The second-order valence-electron chi connectivity index (χ2n) is 5.26. The molecule has 1 saturated carbocycles. The molecular formula is C15H16N2O4. The lowest BCUT2D eigenvalue weighted by Gasteiger charge is -2.22. The fourth-order valence-corrected chi connectivity index (χ4v) is 2.06. The normalized spacial score (nSPS) is 16.4. The van der Waals surface area contributed by atoms with Crippen molar-refractivity contribution in [3.05, 3.63) is 29.8 Å². The standard InChI is InChI=1S/C15H16N2O4/c1-15(9-16,11-5-6-11)17-13(19)8-21-14(20)10-3-2-4-12(18)7-10/h2-4,7,11,18H,5-6,8H2,1H3,(H,17,19)/t15-/m0/s1. The first-order chi connectivity index (χ1) is 9.94. The van der Waals surface area contributed by atoms with Crippen LogP contribution in [-0.2, 0) is 9.53 Å². The lowest BCUT2D eigenvalue weighted by molar-refractivity contribution is -0.125. The van der Waals surface area contributed by atoms with E-state index in [0.29, 0.717) is 0 Å². The maximum Gasteiger partial charge on any atom is 0.338 e. The van der Waals surface area contributed by atoms with E-state index in [1.807, 2.05) is 0 Å². The van der Waals surface area contributed by atoms with E-state index in [-0.39, 0.29) is 17.2 Å². The van der Waals surface area contributed by atoms with Crippen molar-refractivity contribution in [3.8, 4) is 11.8 Å². The Bertz CT molecular complexity index is 604. The van der Waals surface area contributed by atoms with Crippen LogP contribution in [0.15, 0.2) is 24.3 Å². The second-order valence-corrected chi connectivity index (χ2v) is 5.26. The smallest absolute Gasteiger partial charge is 0.338 e. The number of amides is 1. The summed E-state index contributed by atoms with van der Waals surface area (Å²) < 4.78 is 4.86. The maximum atomic E-state index is 11.8. The first kappa shape index (κ1) is 14.9. The Morgan fingerprint density at radius 3 is 2.81 bits per heavy atom. The largest absolute Gasteiger partial charge is 0.508 e. The first-order valence-electron chi connectivity index (χ1n) is 6.63. The van der Waals surface area contributed by atoms with Crippen LogP contribution >= 0.6 is 0 Å². The molecule has 110 valence electrons. The van der Waals surface area contributed by atoms with Crippen molar-refractivity contribution in [2.24, 2.45) is 5.92 Å². The third-order valence-electron chi connectivity index (χ3n) is 3.44. The molecule has 1 atom stereocenters. The van der Waals surface area contributed by atoms with Crippen LogP contribution in [0.4, 0.5) is 0 Å². The number of nitrogens with zero attached hydrogens (tertiary/aromatic N) is 1. The second kappa shape index (κ2) is 5.83. The van der Waals surface area contributed by atoms with Crippen molar-refractivity contribution >= 4 is 11.9 Å². The summed E-state index contributed by atoms with van der Waals surface area (Å²) in [6.07, 6.45) is 1.82. The fraction of sp³-hybridized carbons (Fsp3) is 0.400. The minimum Gasteiger partial charge on any atom is -0.508 e. The van der Waals surface area contributed by atoms with Crippen molar-refractivity contribution in [1.29, 1.82) is 5.26 Å². The Morgan fingerprint density at radius 1 is 1.52 bits per heavy atom. The van der Waals surface area contributed by atoms with Gasteiger partial charge in [0, 0.05) is 0 Å². The Labute approximate surface area is 122 Å². The number of phenolic OH excluding ortho intramolecular Hbond substituents is 1. The predicted octanol–water partition coefficient (Wildman–Crippen LogP) is 1.36. The van der Waals surface area contributed by atoms with Crippen molar-refractivity contribution in [1.82, 2.24) is 5.32 Å². The van der Waals surface area contributed by atoms with Gasteiger partial charge in [0.15, 0.2) is 6.61 Å². The number of benzene rings is 1. The lowest BCUT2D eigenvalue weighted by atomic mass is 9.98. The number of aromatic hydroxyl groups is 1. The molecule has 0 spiro atoms. The monoisotopic (exact) mass is 288 g/mol. The molecule has 0 aliphatic heterocycles. The molecule has 6 heteroatoms. The highest BCUT2D eigenvalue weighted by Gasteiger charge is 2.43. The Balaban J connectivity index is 1.87. The highest BCUT2D eigenvalue weighted by atomic mass is 16.5. The first-order valence-corrected chi connectivity index (χ1v) is 6.63. The summed E-state index contributed by atoms with van der Waals surface area (Å²) >= 11 is 0. The van der Waals surface area contributed by atoms with Gasteiger partial charge in [-0.2, -0.15) is 5.26 Å². The van der Waals surface area contributed by atoms with Crippen LogP contribution in [0.3, 0.4) is 0 Å². The Hall–Kier alpha value is -2.55. The molecule has 0 bridgehead atoms. The molecule has 0 unspecified atom stereocenters. The Morgan fingerprint density at radius 2 is 2.24 bits per heavy atom. The summed E-state index contributed by atoms with van der Waals surface area (Å²) in [7, 11) is 0. The van der Waals surface area contributed by atoms with Crippen LogP contribution in [0.2, 0.25) is 0 Å². The number of phenols is 1. The summed E-state index contributed by atoms with van der Waals surface area (Å²) in [5.41, 5.74) is -0.748. The van der Waals surface area contributed by atoms with Crippen LogP contribution in [-0.4, -0.2) is 29.1 Å². The molecule has 0 saturated heterocycles. The molecule has 1 aliphatic carbocycles. The Kier molecular flexibility index (Phi) is 4.13. The SMILES string of the molecule is C[C@@](C#N)(NC(=O)COC(=O)c1cccc(O)c1)C1CC1. The fourth-order valence-electron chi connectivity index (χ4n) is 2.06. The minimum absolute atomic E-state index is 0.0558. The number of hydrogen-bond donors (Lipinski definition) is 2. The molecule has 1 aromatic carbocycles. The van der Waals surface area contributed by atoms with Gasteiger partial charge in [-0.05, 0) is 43.9 Å². The van der Waals surface area contributed by atoms with E-state index >= 15 is 0 Å². The van der Waals surface area contributed by atoms with Gasteiger partial charge in [-0.25, -0.2) is 4.79 Å². The van der Waals surface area contributed by atoms with Crippen molar-refractivity contribution in [3.63, 3.8) is 0 Å². The van der Waals surface area contributed by atoms with Gasteiger partial charge in [-0.15, -0.1) is 0 Å². The van der Waals surface area contributed by atoms with Gasteiger partial charge in [0.25, 0.3) is 5.91 Å². The van der Waals surface area contributed by atoms with Gasteiger partial charge in [-0.3, -0.25) is 4.79 Å². The third kappa shape index (κ3) is 3.72. The topological polar surface area (TPSA) is 99.4 Å². The van der Waals surface area contributed by atoms with Crippen LogP contribution in [0.5, 0.6) is 5.75 Å². The number of nitrogens with one attached hydrogen (secondary N) is 1. The zero-order valence-corrected chi connectivity index (χ0v) is 11.6. The van der Waals surface area contributed by atoms with Crippen LogP contribution in [0.25, 0.3) is 0 Å². The highest BCUT2D eigenvalue weighted by Crippen LogP contribution is 2.39. The van der Waals surface area contributed by atoms with Gasteiger partial charge in [0.05, 0.1) is 11.6 Å². The summed E-state index contributed by atoms with van der Waals surface area (Å²) in [6.45, 7) is 1.21. The number of carbonyl (C=O) groups is 2. The van der Waals surface area contributed by atoms with Gasteiger partial charge >= 0.3 is 5.97 Å². The molecule has 6 nitrogen and oxygen atoms in total. The van der Waals surface area contributed by atoms with Gasteiger partial charge in [0.2, 0.25) is 0 Å². The average molecular weight is 288 g/mol. The number of hydrogen-bond acceptors (Lipinski definition) is 5. The zero-order valence-electron chi connectivity index (χ0n) is 11.6. The average Bonchev–Trinajstić information content (AvgIpc) is 3.29. The van der Waals surface area contributed by atoms with Gasteiger partial charge in [0.1, 0.15) is 11.3 Å². The number of ether oxygens (including phenoxy) is 1. The summed E-state index contributed by atoms with van der Waals surface area (Å²) in [4.78, 5) is 23.5. The van der Waals surface area contributed by atoms with Crippen molar-refractivity contribution < 1.29 is 19.4 Å². The van der Waals surface area contributed by atoms with Gasteiger partial charge < -0.3 is 15.2 Å². The van der Waals surface area contributed by atoms with E-state index in [4.69, 9.17) is 10.00 Å². The van der Waals surface area contributed by atoms with E-state index in [1.165, 1.54) is 24.3 Å². The number of esters is 1. The molecule has 1 aromatic rings.